The summed E-state index contributed by atoms with van der Waals surface area (Å²) in [5.41, 5.74) is 9.68. The highest BCUT2D eigenvalue weighted by Crippen LogP contribution is 2.19. The van der Waals surface area contributed by atoms with E-state index in [-0.39, 0.29) is 0 Å². The van der Waals surface area contributed by atoms with Crippen LogP contribution in [-0.4, -0.2) is 120 Å². The number of aromatic nitrogens is 24. The van der Waals surface area contributed by atoms with Gasteiger partial charge in [0.25, 0.3) is 0 Å². The molecule has 0 N–H and O–H groups in total. The summed E-state index contributed by atoms with van der Waals surface area (Å²) < 4.78 is 16.2. The molecule has 0 radical (unpaired) electrons. The Labute approximate surface area is 791 Å². The lowest BCUT2D eigenvalue weighted by molar-refractivity contribution is 0.465. The van der Waals surface area contributed by atoms with Crippen LogP contribution in [0.3, 0.4) is 0 Å². The Morgan fingerprint density at radius 1 is 0.178 bits per heavy atom. The lowest BCUT2D eigenvalue weighted by atomic mass is 10.1. The maximum absolute atomic E-state index is 4.20. The molecule has 0 aliphatic carbocycles. The van der Waals surface area contributed by atoms with Crippen LogP contribution in [0.2, 0.25) is 0 Å². The topological polar surface area (TPSA) is 246 Å². The van der Waals surface area contributed by atoms with Crippen LogP contribution in [0.1, 0.15) is 428 Å². The van der Waals surface area contributed by atoms with Crippen molar-refractivity contribution in [3.05, 3.63) is 95.1 Å². The maximum Gasteiger partial charge on any atom is 0.0829 e. The number of nitrogens with zero attached hydrogens (tertiary/aromatic N) is 24. The smallest absolute Gasteiger partial charge is 0.0829 e. The minimum atomic E-state index is 0.658. The molecule has 742 valence electrons. The molecule has 24 heteroatoms. The second-order valence-corrected chi connectivity index (χ2v) is 43.8. The Hall–Kier alpha value is -6.88. The van der Waals surface area contributed by atoms with E-state index < -0.39 is 0 Å². The number of aryl methyl sites for hydroxylation is 13. The lowest BCUT2D eigenvalue weighted by Crippen LogP contribution is -2.08. The molecule has 0 unspecified atom stereocenters. The van der Waals surface area contributed by atoms with Crippen molar-refractivity contribution in [1.82, 2.24) is 120 Å². The summed E-state index contributed by atoms with van der Waals surface area (Å²) in [5.74, 6) is 12.1. The van der Waals surface area contributed by atoms with Crippen molar-refractivity contribution in [2.24, 2.45) is 94.7 Å². The summed E-state index contributed by atoms with van der Waals surface area (Å²) in [6, 6.07) is 0. The van der Waals surface area contributed by atoms with Gasteiger partial charge in [-0.3, -0.25) is 18.7 Å². The second-order valence-electron chi connectivity index (χ2n) is 43.8. The fourth-order valence-electron chi connectivity index (χ4n) is 14.1. The molecule has 0 aliphatic rings. The first-order valence-corrected chi connectivity index (χ1v) is 52.2. The van der Waals surface area contributed by atoms with Gasteiger partial charge >= 0.3 is 0 Å². The van der Waals surface area contributed by atoms with E-state index in [0.29, 0.717) is 17.8 Å². The van der Waals surface area contributed by atoms with Crippen LogP contribution in [0.5, 0.6) is 0 Å². The van der Waals surface area contributed by atoms with E-state index in [9.17, 15) is 0 Å². The van der Waals surface area contributed by atoms with Crippen LogP contribution < -0.4 is 0 Å². The molecule has 0 spiro atoms. The monoisotopic (exact) mass is 1800 g/mol. The average molecular weight is 1800 g/mol. The molecule has 0 amide bonds. The molecule has 0 saturated heterocycles. The maximum atomic E-state index is 4.20. The Morgan fingerprint density at radius 3 is 0.713 bits per heavy atom. The Morgan fingerprint density at radius 2 is 0.403 bits per heavy atom. The van der Waals surface area contributed by atoms with Crippen LogP contribution >= 0.6 is 0 Å². The largest absolute Gasteiger partial charge is 0.252 e. The van der Waals surface area contributed by atoms with Gasteiger partial charge in [0.2, 0.25) is 0 Å². The fraction of sp³-hybridized carbons (Fsp3) is 0.848. The first kappa shape index (κ1) is 120. The van der Waals surface area contributed by atoms with Gasteiger partial charge in [-0.15, -0.1) is 40.8 Å². The highest BCUT2D eigenvalue weighted by molar-refractivity contribution is 4.99. The van der Waals surface area contributed by atoms with Crippen LogP contribution in [0.25, 0.3) is 0 Å². The summed E-state index contributed by atoms with van der Waals surface area (Å²) in [6.07, 6.45) is 55.9. The highest BCUT2D eigenvalue weighted by Gasteiger charge is 2.14. The Balaban J connectivity index is 0.000000738. The first-order chi connectivity index (χ1) is 61.2. The third kappa shape index (κ3) is 68.7. The van der Waals surface area contributed by atoms with Crippen LogP contribution in [0.15, 0.2) is 49.6 Å². The van der Waals surface area contributed by atoms with Gasteiger partial charge in [0.1, 0.15) is 0 Å². The molecular formula is C105H202N24. The molecular weight excluding hydrogens is 1600 g/mol. The van der Waals surface area contributed by atoms with Gasteiger partial charge in [0.05, 0.1) is 70.3 Å². The van der Waals surface area contributed by atoms with Gasteiger partial charge in [0, 0.05) is 77.1 Å². The molecule has 0 fully saturated rings. The van der Waals surface area contributed by atoms with E-state index in [1.54, 1.807) is 0 Å². The first-order valence-electron chi connectivity index (χ1n) is 52.2. The summed E-state index contributed by atoms with van der Waals surface area (Å²) in [4.78, 5) is 0. The van der Waals surface area contributed by atoms with Gasteiger partial charge in [0.15, 0.2) is 0 Å². The Kier molecular flexibility index (Phi) is 68.5. The van der Waals surface area contributed by atoms with Crippen molar-refractivity contribution in [2.75, 3.05) is 0 Å². The summed E-state index contributed by atoms with van der Waals surface area (Å²) in [6.45, 7) is 80.2. The molecule has 0 saturated carbocycles. The van der Waals surface area contributed by atoms with Crippen LogP contribution in [0, 0.1) is 94.7 Å². The zero-order valence-corrected chi connectivity index (χ0v) is 89.6. The summed E-state index contributed by atoms with van der Waals surface area (Å²) in [5, 5.41) is 66.1. The molecule has 0 aromatic carbocycles. The van der Waals surface area contributed by atoms with Gasteiger partial charge in [-0.1, -0.05) is 321 Å². The molecule has 0 aliphatic heterocycles. The third-order valence-corrected chi connectivity index (χ3v) is 22.2. The highest BCUT2D eigenvalue weighted by atomic mass is 15.5. The van der Waals surface area contributed by atoms with E-state index in [4.69, 9.17) is 0 Å². The molecule has 8 aromatic heterocycles. The van der Waals surface area contributed by atoms with Crippen LogP contribution in [0.4, 0.5) is 0 Å². The zero-order valence-electron chi connectivity index (χ0n) is 89.6. The van der Waals surface area contributed by atoms with Crippen molar-refractivity contribution in [1.29, 1.82) is 0 Å². The van der Waals surface area contributed by atoms with E-state index in [1.165, 1.54) is 183 Å². The van der Waals surface area contributed by atoms with Crippen molar-refractivity contribution in [3.8, 4) is 0 Å². The minimum Gasteiger partial charge on any atom is -0.252 e. The number of hydrogen-bond donors (Lipinski definition) is 0. The van der Waals surface area contributed by atoms with Gasteiger partial charge < -0.3 is 0 Å². The minimum absolute atomic E-state index is 0.658. The van der Waals surface area contributed by atoms with Crippen LogP contribution in [-0.2, 0) is 104 Å². The van der Waals surface area contributed by atoms with E-state index in [2.05, 4.69) is 348 Å². The normalized spacial score (nSPS) is 11.6. The summed E-state index contributed by atoms with van der Waals surface area (Å²) in [7, 11) is 0. The molecule has 0 bridgehead atoms. The SMILES string of the molecule is CC(C)CCCCn1cc(CC(C)C)nn1.CC(C)CCCCn1nncc1CC(C)C.CC(C)CCCCn1nncc1CCC(C)C.CC(C)CCCCn1nncc1CCCC(C)C.CC(C)CCCn1cc(CC(C)C)nn1.CC(C)CCCn1cc(CCC(C)C)nn1.CC(C)CCCn1nncc1CCC(C)C.CC(C)CCc1cn(CCC(C)C)nn1. The zero-order chi connectivity index (χ0) is 96.4. The average Bonchev–Trinajstić information content (AvgIpc) is 1.77. The lowest BCUT2D eigenvalue weighted by Gasteiger charge is -2.08. The predicted octanol–water partition coefficient (Wildman–Crippen LogP) is 26.8. The molecule has 8 rings (SSSR count). The molecule has 24 nitrogen and oxygen atoms in total. The number of unbranched alkanes of at least 4 members (excludes halogenated alkanes) is 4. The number of hydrogen-bond acceptors (Lipinski definition) is 16. The third-order valence-electron chi connectivity index (χ3n) is 22.2. The van der Waals surface area contributed by atoms with Gasteiger partial charge in [-0.2, -0.15) is 0 Å². The molecule has 129 heavy (non-hydrogen) atoms. The van der Waals surface area contributed by atoms with Gasteiger partial charge in [-0.05, 0) is 249 Å². The Bertz CT molecular complexity index is 3750. The molecule has 8 aromatic rings. The summed E-state index contributed by atoms with van der Waals surface area (Å²) >= 11 is 0. The van der Waals surface area contributed by atoms with Crippen molar-refractivity contribution in [2.45, 2.75) is 486 Å². The second kappa shape index (κ2) is 73.6. The van der Waals surface area contributed by atoms with E-state index >= 15 is 0 Å². The van der Waals surface area contributed by atoms with Crippen molar-refractivity contribution in [3.63, 3.8) is 0 Å². The van der Waals surface area contributed by atoms with E-state index in [0.717, 1.165) is 203 Å². The standard InChI is InChI=1S/C15H29N3.C14H27N3.4C13H25N3.2C12H23N3/c1-13(2)8-5-6-11-18-15(12-16-17-18)10-7-9-14(3)4;1-12(2)7-5-6-10-17-14(11-15-16-17)9-8-13(3)4;1-11(2)6-5-9-16-10-13(14-15-16)8-7-12(3)4;1-11(2)6-5-9-16-13(10-14-15-16)8-7-12(3)4;1-11(2)7-5-6-8-16-10-13(14-15-16)9-12(3)4;1-11(2)7-5-6-8-16-13(9-12(3)4)10-14-15-16;1-10(2)5-6-12-9-15(14-13-12)8-7-11(3)4;1-10(2)6-5-7-15-9-12(13-14-15)8-11(3)4/h12-14H,5-11H2,1-4H3;11-13H,5-10H2,1-4H3;4*10-12H,5-9H2,1-4H3;2*9-11H,5-8H2,1-4H3. The van der Waals surface area contributed by atoms with Crippen molar-refractivity contribution >= 4 is 0 Å². The number of rotatable bonds is 57. The van der Waals surface area contributed by atoms with Gasteiger partial charge in [-0.25, -0.2) is 18.7 Å². The predicted molar refractivity (Wildman–Crippen MR) is 543 cm³/mol. The quantitative estimate of drug-likeness (QED) is 0.0322. The van der Waals surface area contributed by atoms with E-state index in [1.807, 2.05) is 43.5 Å². The molecule has 8 heterocycles. The molecule has 0 atom stereocenters. The van der Waals surface area contributed by atoms with Crippen molar-refractivity contribution < 1.29 is 0 Å². The fourth-order valence-corrected chi connectivity index (χ4v) is 14.1.